The highest BCUT2D eigenvalue weighted by molar-refractivity contribution is 5.91. The summed E-state index contributed by atoms with van der Waals surface area (Å²) in [4.78, 5) is 12.4. The van der Waals surface area contributed by atoms with Gasteiger partial charge in [0.25, 0.3) is 0 Å². The Balaban J connectivity index is 1.77. The summed E-state index contributed by atoms with van der Waals surface area (Å²) in [5.41, 5.74) is 4.57. The van der Waals surface area contributed by atoms with Gasteiger partial charge in [0.1, 0.15) is 0 Å². The zero-order valence-electron chi connectivity index (χ0n) is 14.7. The van der Waals surface area contributed by atoms with Gasteiger partial charge in [-0.15, -0.1) is 0 Å². The minimum Gasteiger partial charge on any atom is -0.331 e. The van der Waals surface area contributed by atoms with E-state index in [-0.39, 0.29) is 12.1 Å². The van der Waals surface area contributed by atoms with Crippen LogP contribution in [-0.4, -0.2) is 15.8 Å². The number of rotatable bonds is 4. The van der Waals surface area contributed by atoms with Crippen molar-refractivity contribution in [3.8, 4) is 5.69 Å². The molecule has 2 amide bonds. The van der Waals surface area contributed by atoms with Gasteiger partial charge in [-0.1, -0.05) is 42.5 Å². The third-order valence-electron chi connectivity index (χ3n) is 4.04. The van der Waals surface area contributed by atoms with E-state index in [0.29, 0.717) is 5.69 Å². The van der Waals surface area contributed by atoms with E-state index in [9.17, 15) is 4.79 Å². The molecule has 2 N–H and O–H groups in total. The van der Waals surface area contributed by atoms with Crippen LogP contribution in [0.2, 0.25) is 0 Å². The van der Waals surface area contributed by atoms with Crippen molar-refractivity contribution < 1.29 is 4.79 Å². The number of amides is 2. The molecule has 0 aliphatic carbocycles. The summed E-state index contributed by atoms with van der Waals surface area (Å²) in [6.45, 7) is 5.91. The molecule has 0 aliphatic rings. The van der Waals surface area contributed by atoms with Crippen molar-refractivity contribution in [2.24, 2.45) is 0 Å². The number of carbonyl (C=O) groups is 1. The van der Waals surface area contributed by atoms with Gasteiger partial charge in [-0.3, -0.25) is 0 Å². The number of nitrogens with zero attached hydrogens (tertiary/aromatic N) is 2. The number of anilines is 1. The van der Waals surface area contributed by atoms with E-state index in [1.165, 1.54) is 0 Å². The molecule has 1 aromatic heterocycles. The fourth-order valence-electron chi connectivity index (χ4n) is 2.82. The molecule has 0 aliphatic heterocycles. The zero-order chi connectivity index (χ0) is 17.8. The van der Waals surface area contributed by atoms with Crippen LogP contribution in [-0.2, 0) is 0 Å². The van der Waals surface area contributed by atoms with Crippen molar-refractivity contribution in [2.75, 3.05) is 5.32 Å². The fourth-order valence-corrected chi connectivity index (χ4v) is 2.82. The van der Waals surface area contributed by atoms with Gasteiger partial charge >= 0.3 is 6.03 Å². The second kappa shape index (κ2) is 7.21. The van der Waals surface area contributed by atoms with Gasteiger partial charge < -0.3 is 10.6 Å². The fraction of sp³-hybridized carbons (Fsp3) is 0.200. The second-order valence-corrected chi connectivity index (χ2v) is 6.09. The maximum Gasteiger partial charge on any atom is 0.319 e. The third kappa shape index (κ3) is 3.88. The Morgan fingerprint density at radius 2 is 1.72 bits per heavy atom. The number of hydrogen-bond acceptors (Lipinski definition) is 2. The summed E-state index contributed by atoms with van der Waals surface area (Å²) >= 11 is 0. The normalized spacial score (nSPS) is 11.8. The van der Waals surface area contributed by atoms with E-state index < -0.39 is 0 Å². The molecule has 5 nitrogen and oxygen atoms in total. The SMILES string of the molecule is Cc1cc(C)n(-c2ccccc2NC(=O)NC(C)c2ccccc2)n1. The predicted molar refractivity (Wildman–Crippen MR) is 100 cm³/mol. The summed E-state index contributed by atoms with van der Waals surface area (Å²) in [6.07, 6.45) is 0. The molecule has 1 unspecified atom stereocenters. The van der Waals surface area contributed by atoms with Gasteiger partial charge in [-0.05, 0) is 44.5 Å². The van der Waals surface area contributed by atoms with E-state index >= 15 is 0 Å². The quantitative estimate of drug-likeness (QED) is 0.744. The van der Waals surface area contributed by atoms with E-state index in [4.69, 9.17) is 0 Å². The largest absolute Gasteiger partial charge is 0.331 e. The number of para-hydroxylation sites is 2. The van der Waals surface area contributed by atoms with Crippen molar-refractivity contribution >= 4 is 11.7 Å². The Bertz CT molecular complexity index is 870. The van der Waals surface area contributed by atoms with Crippen LogP contribution in [0.25, 0.3) is 5.69 Å². The van der Waals surface area contributed by atoms with Crippen molar-refractivity contribution in [3.05, 3.63) is 77.6 Å². The first-order chi connectivity index (χ1) is 12.0. The zero-order valence-corrected chi connectivity index (χ0v) is 14.7. The molecule has 25 heavy (non-hydrogen) atoms. The molecule has 0 bridgehead atoms. The summed E-state index contributed by atoms with van der Waals surface area (Å²) < 4.78 is 1.84. The number of hydrogen-bond donors (Lipinski definition) is 2. The summed E-state index contributed by atoms with van der Waals surface area (Å²) in [5.74, 6) is 0. The van der Waals surface area contributed by atoms with E-state index in [2.05, 4.69) is 15.7 Å². The highest BCUT2D eigenvalue weighted by Crippen LogP contribution is 2.22. The summed E-state index contributed by atoms with van der Waals surface area (Å²) in [5, 5.41) is 10.4. The first kappa shape index (κ1) is 16.8. The Kier molecular flexibility index (Phi) is 4.84. The molecular formula is C20H22N4O. The Morgan fingerprint density at radius 3 is 2.40 bits per heavy atom. The van der Waals surface area contributed by atoms with Crippen LogP contribution in [0.5, 0.6) is 0 Å². The predicted octanol–water partition coefficient (Wildman–Crippen LogP) is 4.37. The average Bonchev–Trinajstić information content (AvgIpc) is 2.94. The first-order valence-electron chi connectivity index (χ1n) is 8.30. The number of urea groups is 1. The molecule has 0 radical (unpaired) electrons. The van der Waals surface area contributed by atoms with E-state index in [1.54, 1.807) is 0 Å². The van der Waals surface area contributed by atoms with Gasteiger partial charge in [-0.2, -0.15) is 5.10 Å². The Morgan fingerprint density at radius 1 is 1.04 bits per heavy atom. The van der Waals surface area contributed by atoms with Crippen LogP contribution >= 0.6 is 0 Å². The molecular weight excluding hydrogens is 312 g/mol. The lowest BCUT2D eigenvalue weighted by Crippen LogP contribution is -2.31. The average molecular weight is 334 g/mol. The van der Waals surface area contributed by atoms with Crippen LogP contribution in [0, 0.1) is 13.8 Å². The van der Waals surface area contributed by atoms with E-state index in [1.807, 2.05) is 86.1 Å². The summed E-state index contributed by atoms with van der Waals surface area (Å²) in [6, 6.07) is 19.2. The molecule has 128 valence electrons. The number of benzene rings is 2. The van der Waals surface area contributed by atoms with Gasteiger partial charge in [0.05, 0.1) is 23.1 Å². The maximum absolute atomic E-state index is 12.4. The molecule has 2 aromatic carbocycles. The van der Waals surface area contributed by atoms with Crippen molar-refractivity contribution in [1.29, 1.82) is 0 Å². The van der Waals surface area contributed by atoms with Crippen LogP contribution in [0.4, 0.5) is 10.5 Å². The lowest BCUT2D eigenvalue weighted by molar-refractivity contribution is 0.249. The molecule has 3 rings (SSSR count). The van der Waals surface area contributed by atoms with Crippen molar-refractivity contribution in [2.45, 2.75) is 26.8 Å². The van der Waals surface area contributed by atoms with E-state index in [0.717, 1.165) is 22.6 Å². The second-order valence-electron chi connectivity index (χ2n) is 6.09. The van der Waals surface area contributed by atoms with Crippen LogP contribution in [0.3, 0.4) is 0 Å². The van der Waals surface area contributed by atoms with Crippen LogP contribution in [0.1, 0.15) is 29.9 Å². The van der Waals surface area contributed by atoms with Gasteiger partial charge in [-0.25, -0.2) is 9.48 Å². The van der Waals surface area contributed by atoms with Gasteiger partial charge in [0.15, 0.2) is 0 Å². The highest BCUT2D eigenvalue weighted by atomic mass is 16.2. The Labute approximate surface area is 147 Å². The first-order valence-corrected chi connectivity index (χ1v) is 8.30. The van der Waals surface area contributed by atoms with Crippen LogP contribution < -0.4 is 10.6 Å². The molecule has 0 saturated carbocycles. The van der Waals surface area contributed by atoms with Crippen molar-refractivity contribution in [1.82, 2.24) is 15.1 Å². The highest BCUT2D eigenvalue weighted by Gasteiger charge is 2.13. The van der Waals surface area contributed by atoms with Crippen molar-refractivity contribution in [3.63, 3.8) is 0 Å². The minimum atomic E-state index is -0.245. The molecule has 5 heteroatoms. The molecule has 1 heterocycles. The van der Waals surface area contributed by atoms with Gasteiger partial charge in [0, 0.05) is 5.69 Å². The number of carbonyl (C=O) groups excluding carboxylic acids is 1. The number of aryl methyl sites for hydroxylation is 2. The molecule has 0 saturated heterocycles. The summed E-state index contributed by atoms with van der Waals surface area (Å²) in [7, 11) is 0. The van der Waals surface area contributed by atoms with Gasteiger partial charge in [0.2, 0.25) is 0 Å². The molecule has 0 spiro atoms. The topological polar surface area (TPSA) is 59.0 Å². The number of nitrogens with one attached hydrogen (secondary N) is 2. The molecule has 0 fully saturated rings. The monoisotopic (exact) mass is 334 g/mol. The lowest BCUT2D eigenvalue weighted by atomic mass is 10.1. The smallest absolute Gasteiger partial charge is 0.319 e. The standard InChI is InChI=1S/C20H22N4O/c1-14-13-15(2)24(23-14)19-12-8-7-11-18(19)22-20(25)21-16(3)17-9-5-4-6-10-17/h4-13,16H,1-3H3,(H2,21,22,25). The molecule has 1 atom stereocenters. The molecule has 3 aromatic rings. The maximum atomic E-state index is 12.4. The minimum absolute atomic E-state index is 0.0814. The van der Waals surface area contributed by atoms with Crippen LogP contribution in [0.15, 0.2) is 60.7 Å². The number of aromatic nitrogens is 2. The lowest BCUT2D eigenvalue weighted by Gasteiger charge is -2.17. The third-order valence-corrected chi connectivity index (χ3v) is 4.04. The Hall–Kier alpha value is -3.08.